The molecule has 1 aromatic carbocycles. The molecule has 2 rings (SSSR count). The maximum absolute atomic E-state index is 11.1. The first-order valence-corrected chi connectivity index (χ1v) is 6.48. The van der Waals surface area contributed by atoms with Gasteiger partial charge in [0.05, 0.1) is 5.56 Å². The van der Waals surface area contributed by atoms with E-state index in [0.29, 0.717) is 5.82 Å². The second-order valence-electron chi connectivity index (χ2n) is 4.69. The van der Waals surface area contributed by atoms with E-state index in [1.54, 1.807) is 0 Å². The van der Waals surface area contributed by atoms with Gasteiger partial charge in [-0.3, -0.25) is 0 Å². The van der Waals surface area contributed by atoms with Crippen molar-refractivity contribution in [1.82, 2.24) is 4.98 Å². The maximum atomic E-state index is 11.1. The molecule has 0 aliphatic heterocycles. The van der Waals surface area contributed by atoms with Crippen LogP contribution in [0.25, 0.3) is 0 Å². The van der Waals surface area contributed by atoms with Crippen LogP contribution in [0, 0.1) is 13.8 Å². The Kier molecular flexibility index (Phi) is 3.95. The van der Waals surface area contributed by atoms with Gasteiger partial charge in [0.25, 0.3) is 0 Å². The topological polar surface area (TPSA) is 53.4 Å². The molecule has 0 aliphatic carbocycles. The van der Waals surface area contributed by atoms with Gasteiger partial charge in [-0.25, -0.2) is 9.78 Å². The number of pyridine rings is 1. The lowest BCUT2D eigenvalue weighted by Gasteiger charge is -2.21. The summed E-state index contributed by atoms with van der Waals surface area (Å²) in [7, 11) is 1.84. The Morgan fingerprint density at radius 1 is 1.25 bits per heavy atom. The van der Waals surface area contributed by atoms with Crippen LogP contribution in [0.3, 0.4) is 0 Å². The quantitative estimate of drug-likeness (QED) is 0.873. The molecule has 4 nitrogen and oxygen atoms in total. The number of hydrogen-bond donors (Lipinski definition) is 1. The number of benzene rings is 1. The number of anilines is 2. The number of hydrogen-bond acceptors (Lipinski definition) is 3. The third kappa shape index (κ3) is 2.91. The minimum absolute atomic E-state index is 0.122. The van der Waals surface area contributed by atoms with Gasteiger partial charge in [-0.1, -0.05) is 29.3 Å². The first kappa shape index (κ1) is 14.3. The average Bonchev–Trinajstić information content (AvgIpc) is 2.37. The van der Waals surface area contributed by atoms with E-state index in [4.69, 9.17) is 16.7 Å². The Balaban J connectivity index is 2.47. The van der Waals surface area contributed by atoms with Crippen molar-refractivity contribution in [1.29, 1.82) is 0 Å². The van der Waals surface area contributed by atoms with Crippen LogP contribution in [0.5, 0.6) is 0 Å². The summed E-state index contributed by atoms with van der Waals surface area (Å²) in [5, 5.41) is 9.24. The number of carboxylic acid groups (broad SMARTS) is 1. The van der Waals surface area contributed by atoms with E-state index in [1.165, 1.54) is 17.7 Å². The fourth-order valence-corrected chi connectivity index (χ4v) is 2.29. The van der Waals surface area contributed by atoms with Gasteiger partial charge in [0.15, 0.2) is 0 Å². The smallest absolute Gasteiger partial charge is 0.335 e. The van der Waals surface area contributed by atoms with Crippen LogP contribution in [-0.2, 0) is 0 Å². The zero-order valence-electron chi connectivity index (χ0n) is 11.5. The van der Waals surface area contributed by atoms with Crippen molar-refractivity contribution in [2.75, 3.05) is 11.9 Å². The third-order valence-corrected chi connectivity index (χ3v) is 3.28. The first-order chi connectivity index (χ1) is 9.38. The van der Waals surface area contributed by atoms with Crippen LogP contribution in [0.1, 0.15) is 21.5 Å². The number of aromatic carboxylic acids is 1. The highest BCUT2D eigenvalue weighted by Gasteiger charge is 2.13. The van der Waals surface area contributed by atoms with E-state index in [0.717, 1.165) is 11.3 Å². The van der Waals surface area contributed by atoms with Crippen LogP contribution >= 0.6 is 11.6 Å². The Labute approximate surface area is 122 Å². The average molecular weight is 291 g/mol. The Morgan fingerprint density at radius 3 is 2.55 bits per heavy atom. The summed E-state index contributed by atoms with van der Waals surface area (Å²) in [6, 6.07) is 8.89. The molecule has 2 aromatic rings. The third-order valence-electron chi connectivity index (χ3n) is 3.08. The van der Waals surface area contributed by atoms with Gasteiger partial charge >= 0.3 is 5.97 Å². The highest BCUT2D eigenvalue weighted by molar-refractivity contribution is 6.29. The second kappa shape index (κ2) is 5.51. The standard InChI is InChI=1S/C15H15ClN2O2/c1-9-4-5-12(10(2)6-9)18(3)14-8-11(15(19)20)7-13(16)17-14/h4-8H,1-3H3,(H,19,20). The summed E-state index contributed by atoms with van der Waals surface area (Å²) in [6.07, 6.45) is 0. The summed E-state index contributed by atoms with van der Waals surface area (Å²) in [5.41, 5.74) is 3.34. The molecule has 0 unspecified atom stereocenters. The largest absolute Gasteiger partial charge is 0.478 e. The van der Waals surface area contributed by atoms with Crippen LogP contribution in [0.2, 0.25) is 5.15 Å². The minimum Gasteiger partial charge on any atom is -0.478 e. The van der Waals surface area contributed by atoms with E-state index >= 15 is 0 Å². The maximum Gasteiger partial charge on any atom is 0.335 e. The van der Waals surface area contributed by atoms with Crippen LogP contribution in [0.15, 0.2) is 30.3 Å². The van der Waals surface area contributed by atoms with Gasteiger partial charge in [-0.05, 0) is 37.6 Å². The zero-order chi connectivity index (χ0) is 14.9. The van der Waals surface area contributed by atoms with Gasteiger partial charge in [-0.15, -0.1) is 0 Å². The number of carbonyl (C=O) groups is 1. The molecule has 5 heteroatoms. The number of carboxylic acids is 1. The molecule has 0 atom stereocenters. The lowest BCUT2D eigenvalue weighted by atomic mass is 10.1. The van der Waals surface area contributed by atoms with E-state index in [1.807, 2.05) is 37.9 Å². The minimum atomic E-state index is -1.02. The molecule has 1 aromatic heterocycles. The van der Waals surface area contributed by atoms with Crippen molar-refractivity contribution >= 4 is 29.1 Å². The predicted molar refractivity (Wildman–Crippen MR) is 80.2 cm³/mol. The first-order valence-electron chi connectivity index (χ1n) is 6.10. The van der Waals surface area contributed by atoms with Gasteiger partial charge < -0.3 is 10.0 Å². The lowest BCUT2D eigenvalue weighted by molar-refractivity contribution is 0.0697. The summed E-state index contributed by atoms with van der Waals surface area (Å²) >= 11 is 5.89. The molecule has 0 saturated heterocycles. The van der Waals surface area contributed by atoms with Gasteiger partial charge in [0, 0.05) is 12.7 Å². The fraction of sp³-hybridized carbons (Fsp3) is 0.200. The predicted octanol–water partition coefficient (Wildman–Crippen LogP) is 3.82. The van der Waals surface area contributed by atoms with Gasteiger partial charge in [0.1, 0.15) is 11.0 Å². The molecule has 0 aliphatic rings. The normalized spacial score (nSPS) is 10.4. The molecule has 0 bridgehead atoms. The van der Waals surface area contributed by atoms with Crippen LogP contribution in [0.4, 0.5) is 11.5 Å². The summed E-state index contributed by atoms with van der Waals surface area (Å²) < 4.78 is 0. The molecular weight excluding hydrogens is 276 g/mol. The van der Waals surface area contributed by atoms with Crippen molar-refractivity contribution < 1.29 is 9.90 Å². The van der Waals surface area contributed by atoms with Crippen LogP contribution < -0.4 is 4.90 Å². The molecule has 0 saturated carbocycles. The SMILES string of the molecule is Cc1ccc(N(C)c2cc(C(=O)O)cc(Cl)n2)c(C)c1. The van der Waals surface area contributed by atoms with Crippen molar-refractivity contribution in [3.05, 3.63) is 52.2 Å². The Bertz CT molecular complexity index is 671. The molecule has 20 heavy (non-hydrogen) atoms. The summed E-state index contributed by atoms with van der Waals surface area (Å²) in [5.74, 6) is -0.522. The fourth-order valence-electron chi connectivity index (χ4n) is 2.08. The van der Waals surface area contributed by atoms with Crippen molar-refractivity contribution in [2.45, 2.75) is 13.8 Å². The number of nitrogens with zero attached hydrogens (tertiary/aromatic N) is 2. The molecule has 0 spiro atoms. The van der Waals surface area contributed by atoms with Gasteiger partial charge in [0.2, 0.25) is 0 Å². The summed E-state index contributed by atoms with van der Waals surface area (Å²) in [6.45, 7) is 4.03. The zero-order valence-corrected chi connectivity index (χ0v) is 12.3. The van der Waals surface area contributed by atoms with Crippen LogP contribution in [-0.4, -0.2) is 23.1 Å². The van der Waals surface area contributed by atoms with E-state index in [2.05, 4.69) is 11.1 Å². The van der Waals surface area contributed by atoms with Gasteiger partial charge in [-0.2, -0.15) is 0 Å². The highest BCUT2D eigenvalue weighted by Crippen LogP contribution is 2.27. The number of aryl methyl sites for hydroxylation is 2. The number of halogens is 1. The van der Waals surface area contributed by atoms with Crippen molar-refractivity contribution in [2.24, 2.45) is 0 Å². The van der Waals surface area contributed by atoms with Crippen molar-refractivity contribution in [3.63, 3.8) is 0 Å². The molecule has 104 valence electrons. The number of aromatic nitrogens is 1. The highest BCUT2D eigenvalue weighted by atomic mass is 35.5. The summed E-state index contributed by atoms with van der Waals surface area (Å²) in [4.78, 5) is 17.1. The molecule has 0 amide bonds. The molecule has 0 radical (unpaired) electrons. The van der Waals surface area contributed by atoms with E-state index < -0.39 is 5.97 Å². The van der Waals surface area contributed by atoms with Crippen molar-refractivity contribution in [3.8, 4) is 0 Å². The Hall–Kier alpha value is -2.07. The Morgan fingerprint density at radius 2 is 1.95 bits per heavy atom. The number of rotatable bonds is 3. The van der Waals surface area contributed by atoms with E-state index in [9.17, 15) is 4.79 Å². The lowest BCUT2D eigenvalue weighted by Crippen LogP contribution is -2.13. The monoisotopic (exact) mass is 290 g/mol. The second-order valence-corrected chi connectivity index (χ2v) is 5.08. The molecular formula is C15H15ClN2O2. The molecule has 0 fully saturated rings. The molecule has 1 N–H and O–H groups in total. The molecule has 1 heterocycles. The van der Waals surface area contributed by atoms with E-state index in [-0.39, 0.29) is 10.7 Å².